The highest BCUT2D eigenvalue weighted by Crippen LogP contribution is 2.26. The number of rotatable bonds is 8. The van der Waals surface area contributed by atoms with Crippen LogP contribution in [0.25, 0.3) is 0 Å². The summed E-state index contributed by atoms with van der Waals surface area (Å²) in [4.78, 5) is 27.3. The van der Waals surface area contributed by atoms with E-state index in [1.807, 2.05) is 6.07 Å². The Morgan fingerprint density at radius 3 is 2.51 bits per heavy atom. The predicted octanol–water partition coefficient (Wildman–Crippen LogP) is 2.98. The van der Waals surface area contributed by atoms with E-state index in [2.05, 4.69) is 10.0 Å². The average Bonchev–Trinajstić information content (AvgIpc) is 2.88. The van der Waals surface area contributed by atoms with Gasteiger partial charge in [0.25, 0.3) is 15.9 Å². The van der Waals surface area contributed by atoms with E-state index in [-0.39, 0.29) is 22.6 Å². The van der Waals surface area contributed by atoms with Crippen LogP contribution in [0.15, 0.2) is 47.4 Å². The maximum atomic E-state index is 13.0. The van der Waals surface area contributed by atoms with Crippen LogP contribution in [0.1, 0.15) is 47.2 Å². The zero-order valence-corrected chi connectivity index (χ0v) is 20.9. The van der Waals surface area contributed by atoms with Gasteiger partial charge in [0.15, 0.2) is 0 Å². The first-order valence-electron chi connectivity index (χ1n) is 12.2. The second-order valence-corrected chi connectivity index (χ2v) is 10.9. The Balaban J connectivity index is 1.38. The number of aryl methyl sites for hydroxylation is 2. The smallest absolute Gasteiger partial charge is 0.261 e. The number of carbonyl (C=O) groups is 2. The zero-order valence-electron chi connectivity index (χ0n) is 20.1. The summed E-state index contributed by atoms with van der Waals surface area (Å²) in [7, 11) is -2.14. The summed E-state index contributed by atoms with van der Waals surface area (Å²) in [5.41, 5.74) is 3.19. The van der Waals surface area contributed by atoms with Crippen molar-refractivity contribution in [3.8, 4) is 0 Å². The Hall–Kier alpha value is -2.91. The number of ether oxygens (including phenoxy) is 1. The molecule has 9 heteroatoms. The van der Waals surface area contributed by atoms with Crippen LogP contribution in [0, 0.1) is 5.92 Å². The summed E-state index contributed by atoms with van der Waals surface area (Å²) < 4.78 is 33.4. The molecule has 2 aliphatic rings. The lowest BCUT2D eigenvalue weighted by molar-refractivity contribution is -0.126. The van der Waals surface area contributed by atoms with Crippen LogP contribution in [0.2, 0.25) is 0 Å². The predicted molar refractivity (Wildman–Crippen MR) is 134 cm³/mol. The fraction of sp³-hybridized carbons (Fsp3) is 0.462. The van der Waals surface area contributed by atoms with Crippen molar-refractivity contribution in [2.45, 2.75) is 43.4 Å². The summed E-state index contributed by atoms with van der Waals surface area (Å²) in [6.45, 7) is 1.85. The molecule has 35 heavy (non-hydrogen) atoms. The van der Waals surface area contributed by atoms with E-state index in [4.69, 9.17) is 4.74 Å². The number of hydrogen-bond donors (Lipinski definition) is 2. The van der Waals surface area contributed by atoms with E-state index >= 15 is 0 Å². The maximum Gasteiger partial charge on any atom is 0.261 e. The van der Waals surface area contributed by atoms with Crippen LogP contribution in [-0.2, 0) is 32.4 Å². The van der Waals surface area contributed by atoms with Crippen LogP contribution in [0.5, 0.6) is 0 Å². The molecule has 4 rings (SSSR count). The van der Waals surface area contributed by atoms with E-state index in [1.165, 1.54) is 5.56 Å². The molecule has 1 fully saturated rings. The fourth-order valence-electron chi connectivity index (χ4n) is 4.75. The fourth-order valence-corrected chi connectivity index (χ4v) is 5.86. The number of methoxy groups -OCH3 is 1. The van der Waals surface area contributed by atoms with E-state index < -0.39 is 10.0 Å². The molecular weight excluding hydrogens is 466 g/mol. The molecule has 1 saturated heterocycles. The van der Waals surface area contributed by atoms with Gasteiger partial charge in [-0.2, -0.15) is 0 Å². The molecular formula is C26H33N3O5S. The summed E-state index contributed by atoms with van der Waals surface area (Å²) >= 11 is 0. The monoisotopic (exact) mass is 499 g/mol. The van der Waals surface area contributed by atoms with Gasteiger partial charge in [-0.25, -0.2) is 8.42 Å². The van der Waals surface area contributed by atoms with Gasteiger partial charge >= 0.3 is 0 Å². The molecule has 1 heterocycles. The van der Waals surface area contributed by atoms with Gasteiger partial charge in [0, 0.05) is 38.0 Å². The molecule has 1 unspecified atom stereocenters. The third-order valence-electron chi connectivity index (χ3n) is 6.70. The summed E-state index contributed by atoms with van der Waals surface area (Å²) in [5.74, 6) is -0.470. The minimum absolute atomic E-state index is 0.0634. The molecule has 0 bridgehead atoms. The molecule has 2 amide bonds. The average molecular weight is 500 g/mol. The van der Waals surface area contributed by atoms with Crippen LogP contribution in [-0.4, -0.2) is 58.5 Å². The first kappa shape index (κ1) is 25.2. The molecule has 2 aromatic rings. The minimum Gasteiger partial charge on any atom is -0.383 e. The van der Waals surface area contributed by atoms with Gasteiger partial charge in [-0.05, 0) is 86.1 Å². The number of sulfonamides is 1. The maximum absolute atomic E-state index is 13.0. The van der Waals surface area contributed by atoms with Gasteiger partial charge in [-0.3, -0.25) is 14.3 Å². The van der Waals surface area contributed by atoms with Gasteiger partial charge in [-0.15, -0.1) is 0 Å². The molecule has 8 nitrogen and oxygen atoms in total. The zero-order chi connectivity index (χ0) is 24.8. The molecule has 1 atom stereocenters. The Morgan fingerprint density at radius 1 is 1.03 bits per heavy atom. The third-order valence-corrected chi connectivity index (χ3v) is 8.08. The van der Waals surface area contributed by atoms with Crippen LogP contribution >= 0.6 is 0 Å². The van der Waals surface area contributed by atoms with Gasteiger partial charge < -0.3 is 15.0 Å². The quantitative estimate of drug-likeness (QED) is 0.544. The molecule has 2 N–H and O–H groups in total. The van der Waals surface area contributed by atoms with Gasteiger partial charge in [0.2, 0.25) is 5.91 Å². The van der Waals surface area contributed by atoms with E-state index in [9.17, 15) is 18.0 Å². The number of anilines is 1. The van der Waals surface area contributed by atoms with Crippen molar-refractivity contribution in [3.63, 3.8) is 0 Å². The highest BCUT2D eigenvalue weighted by Gasteiger charge is 2.29. The van der Waals surface area contributed by atoms with Crippen molar-refractivity contribution in [1.29, 1.82) is 0 Å². The van der Waals surface area contributed by atoms with Crippen molar-refractivity contribution >= 4 is 27.5 Å². The number of amides is 2. The Morgan fingerprint density at radius 2 is 1.77 bits per heavy atom. The summed E-state index contributed by atoms with van der Waals surface area (Å²) in [6, 6.07) is 11.8. The molecule has 1 aliphatic carbocycles. The highest BCUT2D eigenvalue weighted by molar-refractivity contribution is 7.92. The van der Waals surface area contributed by atoms with Crippen molar-refractivity contribution in [2.24, 2.45) is 5.92 Å². The first-order chi connectivity index (χ1) is 16.9. The number of benzene rings is 2. The lowest BCUT2D eigenvalue weighted by atomic mass is 9.92. The Bertz CT molecular complexity index is 1160. The second kappa shape index (κ2) is 11.2. The molecule has 2 aromatic carbocycles. The number of nitrogens with one attached hydrogen (secondary N) is 2. The molecule has 0 aromatic heterocycles. The SMILES string of the molecule is COCCNC(=O)C1CCCN(C(=O)c2ccc(NS(=O)(=O)c3ccc4c(c3)CCCC4)cc2)C1. The van der Waals surface area contributed by atoms with Crippen molar-refractivity contribution < 1.29 is 22.7 Å². The van der Waals surface area contributed by atoms with E-state index in [0.29, 0.717) is 37.5 Å². The normalized spacial score (nSPS) is 18.0. The van der Waals surface area contributed by atoms with Crippen molar-refractivity contribution in [2.75, 3.05) is 38.1 Å². The topological polar surface area (TPSA) is 105 Å². The van der Waals surface area contributed by atoms with Crippen LogP contribution in [0.4, 0.5) is 5.69 Å². The first-order valence-corrected chi connectivity index (χ1v) is 13.7. The highest BCUT2D eigenvalue weighted by atomic mass is 32.2. The van der Waals surface area contributed by atoms with Crippen LogP contribution < -0.4 is 10.0 Å². The standard InChI is InChI=1S/C26H33N3O5S/c1-34-16-14-27-25(30)22-7-4-15-29(18-22)26(31)20-8-11-23(12-9-20)28-35(32,33)24-13-10-19-5-2-3-6-21(19)17-24/h8-13,17,22,28H,2-7,14-16,18H2,1H3,(H,27,30). The minimum atomic E-state index is -3.73. The molecule has 0 saturated carbocycles. The van der Waals surface area contributed by atoms with Crippen LogP contribution in [0.3, 0.4) is 0 Å². The Labute approximate surface area is 207 Å². The lowest BCUT2D eigenvalue weighted by Gasteiger charge is -2.32. The molecule has 0 spiro atoms. The summed E-state index contributed by atoms with van der Waals surface area (Å²) in [5, 5.41) is 2.84. The molecule has 1 aliphatic heterocycles. The van der Waals surface area contributed by atoms with E-state index in [0.717, 1.165) is 44.1 Å². The molecule has 0 radical (unpaired) electrons. The van der Waals surface area contributed by atoms with Gasteiger partial charge in [0.05, 0.1) is 17.4 Å². The number of likely N-dealkylation sites (tertiary alicyclic amines) is 1. The molecule has 188 valence electrons. The van der Waals surface area contributed by atoms with Crippen molar-refractivity contribution in [1.82, 2.24) is 10.2 Å². The van der Waals surface area contributed by atoms with Gasteiger partial charge in [-0.1, -0.05) is 6.07 Å². The summed E-state index contributed by atoms with van der Waals surface area (Å²) in [6.07, 6.45) is 5.62. The third kappa shape index (κ3) is 6.21. The number of hydrogen-bond acceptors (Lipinski definition) is 5. The number of nitrogens with zero attached hydrogens (tertiary/aromatic N) is 1. The largest absolute Gasteiger partial charge is 0.383 e. The number of carbonyl (C=O) groups excluding carboxylic acids is 2. The lowest BCUT2D eigenvalue weighted by Crippen LogP contribution is -2.45. The number of piperidine rings is 1. The van der Waals surface area contributed by atoms with Crippen molar-refractivity contribution in [3.05, 3.63) is 59.2 Å². The van der Waals surface area contributed by atoms with E-state index in [1.54, 1.807) is 48.4 Å². The Kier molecular flexibility index (Phi) is 8.07. The van der Waals surface area contributed by atoms with Gasteiger partial charge in [0.1, 0.15) is 0 Å². The number of fused-ring (bicyclic) bond motifs is 1. The second-order valence-electron chi connectivity index (χ2n) is 9.19.